The molecule has 1 N–H and O–H groups in total. The number of aryl methyl sites for hydroxylation is 1. The predicted octanol–water partition coefficient (Wildman–Crippen LogP) is 3.74. The van der Waals surface area contributed by atoms with Crippen LogP contribution in [0.5, 0.6) is 0 Å². The summed E-state index contributed by atoms with van der Waals surface area (Å²) in [7, 11) is 0. The summed E-state index contributed by atoms with van der Waals surface area (Å²) in [6, 6.07) is 14.1. The van der Waals surface area contributed by atoms with Gasteiger partial charge in [0.2, 0.25) is 0 Å². The summed E-state index contributed by atoms with van der Waals surface area (Å²) in [4.78, 5) is 19.6. The van der Waals surface area contributed by atoms with Crippen LogP contribution in [0.2, 0.25) is 0 Å². The molecule has 2 aromatic rings. The van der Waals surface area contributed by atoms with Gasteiger partial charge in [-0.05, 0) is 31.2 Å². The molecule has 2 aliphatic heterocycles. The maximum atomic E-state index is 13.2. The number of ether oxygens (including phenoxy) is 1. The first-order valence-corrected chi connectivity index (χ1v) is 7.92. The first-order chi connectivity index (χ1) is 12.1. The first kappa shape index (κ1) is 15.4. The Hall–Kier alpha value is -3.17. The number of carbonyl (C=O) groups excluding carboxylic acids is 1. The van der Waals surface area contributed by atoms with Gasteiger partial charge in [0.1, 0.15) is 5.84 Å². The molecule has 0 radical (unpaired) electrons. The van der Waals surface area contributed by atoms with Crippen molar-refractivity contribution in [2.45, 2.75) is 12.5 Å². The van der Waals surface area contributed by atoms with E-state index in [1.165, 1.54) is 4.90 Å². The molecule has 6 nitrogen and oxygen atoms in total. The highest BCUT2D eigenvalue weighted by atomic mass is 16.5. The summed E-state index contributed by atoms with van der Waals surface area (Å²) in [5, 5.41) is 8.62. The topological polar surface area (TPSA) is 61.0 Å². The summed E-state index contributed by atoms with van der Waals surface area (Å²) in [6.45, 7) is 9.65. The van der Waals surface area contributed by atoms with Crippen LogP contribution in [-0.2, 0) is 4.74 Å². The van der Waals surface area contributed by atoms with Crippen molar-refractivity contribution in [3.05, 3.63) is 65.5 Å². The van der Waals surface area contributed by atoms with E-state index in [0.29, 0.717) is 24.6 Å². The van der Waals surface area contributed by atoms with Crippen LogP contribution < -0.4 is 9.80 Å². The van der Waals surface area contributed by atoms with Gasteiger partial charge in [-0.3, -0.25) is 10.3 Å². The minimum Gasteiger partial charge on any atom is -0.375 e. The minimum absolute atomic E-state index is 0.208. The summed E-state index contributed by atoms with van der Waals surface area (Å²) in [5.41, 5.74) is 2.19. The standard InChI is InChI=1S/C19H16N4O2/c1-13-3-7-16(8-4-13)23-18(24)22(17(20)19(23)11-25-12-19)15-9-5-14(21-2)6-10-15/h3-10,20H,11-12H2,1H3. The van der Waals surface area contributed by atoms with Gasteiger partial charge >= 0.3 is 6.03 Å². The smallest absolute Gasteiger partial charge is 0.335 e. The van der Waals surface area contributed by atoms with Crippen molar-refractivity contribution < 1.29 is 9.53 Å². The third-order valence-corrected chi connectivity index (χ3v) is 4.69. The predicted molar refractivity (Wildman–Crippen MR) is 95.5 cm³/mol. The molecule has 2 amide bonds. The zero-order chi connectivity index (χ0) is 17.6. The summed E-state index contributed by atoms with van der Waals surface area (Å²) in [5.74, 6) is 0.208. The molecule has 2 aromatic carbocycles. The lowest BCUT2D eigenvalue weighted by Crippen LogP contribution is -2.64. The SMILES string of the molecule is [C-]#[N+]c1ccc(N2C(=N)C3(COC3)N(c3ccc(C)cc3)C2=O)cc1. The Balaban J connectivity index is 1.78. The highest BCUT2D eigenvalue weighted by Gasteiger charge is 2.60. The number of urea groups is 1. The van der Waals surface area contributed by atoms with E-state index >= 15 is 0 Å². The lowest BCUT2D eigenvalue weighted by Gasteiger charge is -2.43. The molecule has 4 rings (SSSR count). The molecule has 2 fully saturated rings. The Labute approximate surface area is 145 Å². The maximum Gasteiger partial charge on any atom is 0.335 e. The van der Waals surface area contributed by atoms with E-state index in [9.17, 15) is 4.79 Å². The molecule has 2 saturated heterocycles. The van der Waals surface area contributed by atoms with E-state index in [1.54, 1.807) is 29.2 Å². The Morgan fingerprint density at radius 1 is 1.08 bits per heavy atom. The van der Waals surface area contributed by atoms with Crippen molar-refractivity contribution in [1.29, 1.82) is 5.41 Å². The monoisotopic (exact) mass is 332 g/mol. The van der Waals surface area contributed by atoms with Crippen LogP contribution in [-0.4, -0.2) is 30.6 Å². The molecule has 6 heteroatoms. The van der Waals surface area contributed by atoms with E-state index in [2.05, 4.69) is 4.85 Å². The minimum atomic E-state index is -0.759. The number of carbonyl (C=O) groups is 1. The second-order valence-corrected chi connectivity index (χ2v) is 6.29. The van der Waals surface area contributed by atoms with Crippen LogP contribution in [0.4, 0.5) is 21.9 Å². The first-order valence-electron chi connectivity index (χ1n) is 7.92. The lowest BCUT2D eigenvalue weighted by molar-refractivity contribution is -0.0155. The molecule has 1 spiro atoms. The molecular weight excluding hydrogens is 316 g/mol. The zero-order valence-electron chi connectivity index (χ0n) is 13.7. The molecule has 0 bridgehead atoms. The van der Waals surface area contributed by atoms with Crippen molar-refractivity contribution in [2.24, 2.45) is 0 Å². The average Bonchev–Trinajstić information content (AvgIpc) is 2.83. The number of anilines is 2. The fourth-order valence-electron chi connectivity index (χ4n) is 3.22. The van der Waals surface area contributed by atoms with E-state index in [4.69, 9.17) is 16.7 Å². The number of nitrogens with one attached hydrogen (secondary N) is 1. The van der Waals surface area contributed by atoms with E-state index in [1.807, 2.05) is 31.2 Å². The number of amides is 2. The number of hydrogen-bond acceptors (Lipinski definition) is 3. The Bertz CT molecular complexity index is 893. The van der Waals surface area contributed by atoms with Gasteiger partial charge in [0.25, 0.3) is 0 Å². The summed E-state index contributed by atoms with van der Waals surface area (Å²) < 4.78 is 5.37. The Morgan fingerprint density at radius 3 is 2.20 bits per heavy atom. The van der Waals surface area contributed by atoms with Gasteiger partial charge in [0.05, 0.1) is 19.8 Å². The molecule has 25 heavy (non-hydrogen) atoms. The van der Waals surface area contributed by atoms with E-state index in [-0.39, 0.29) is 11.9 Å². The highest BCUT2D eigenvalue weighted by Crippen LogP contribution is 2.41. The van der Waals surface area contributed by atoms with Crippen LogP contribution in [0.3, 0.4) is 0 Å². The quantitative estimate of drug-likeness (QED) is 0.852. The third-order valence-electron chi connectivity index (χ3n) is 4.69. The normalized spacial score (nSPS) is 18.4. The van der Waals surface area contributed by atoms with E-state index < -0.39 is 5.54 Å². The zero-order valence-corrected chi connectivity index (χ0v) is 13.7. The third kappa shape index (κ3) is 2.13. The number of hydrogen-bond donors (Lipinski definition) is 1. The highest BCUT2D eigenvalue weighted by molar-refractivity contribution is 6.31. The van der Waals surface area contributed by atoms with Crippen molar-refractivity contribution in [3.8, 4) is 0 Å². The van der Waals surface area contributed by atoms with Crippen LogP contribution in [0, 0.1) is 18.9 Å². The number of amidine groups is 1. The second-order valence-electron chi connectivity index (χ2n) is 6.29. The van der Waals surface area contributed by atoms with Gasteiger partial charge in [-0.1, -0.05) is 29.8 Å². The van der Waals surface area contributed by atoms with Gasteiger partial charge in [-0.25, -0.2) is 14.5 Å². The van der Waals surface area contributed by atoms with Gasteiger partial charge in [0.15, 0.2) is 11.2 Å². The van der Waals surface area contributed by atoms with Crippen molar-refractivity contribution in [3.63, 3.8) is 0 Å². The molecule has 0 saturated carbocycles. The maximum absolute atomic E-state index is 13.2. The van der Waals surface area contributed by atoms with E-state index in [0.717, 1.165) is 11.3 Å². The molecule has 2 aliphatic rings. The van der Waals surface area contributed by atoms with Crippen LogP contribution in [0.15, 0.2) is 48.5 Å². The summed E-state index contributed by atoms with van der Waals surface area (Å²) in [6.07, 6.45) is 0. The fraction of sp³-hybridized carbons (Fsp3) is 0.211. The molecule has 2 heterocycles. The van der Waals surface area contributed by atoms with Gasteiger partial charge < -0.3 is 4.74 Å². The Kier molecular flexibility index (Phi) is 3.34. The Morgan fingerprint density at radius 2 is 1.68 bits per heavy atom. The number of benzene rings is 2. The number of rotatable bonds is 2. The molecule has 0 aromatic heterocycles. The van der Waals surface area contributed by atoms with Crippen LogP contribution in [0.1, 0.15) is 5.56 Å². The summed E-state index contributed by atoms with van der Waals surface area (Å²) >= 11 is 0. The fourth-order valence-corrected chi connectivity index (χ4v) is 3.22. The average molecular weight is 332 g/mol. The van der Waals surface area contributed by atoms with Gasteiger partial charge in [0, 0.05) is 11.4 Å². The van der Waals surface area contributed by atoms with Gasteiger partial charge in [-0.15, -0.1) is 0 Å². The molecule has 0 aliphatic carbocycles. The van der Waals surface area contributed by atoms with Crippen molar-refractivity contribution in [1.82, 2.24) is 0 Å². The molecule has 0 unspecified atom stereocenters. The molecule has 0 atom stereocenters. The van der Waals surface area contributed by atoms with Gasteiger partial charge in [-0.2, -0.15) is 0 Å². The van der Waals surface area contributed by atoms with Crippen molar-refractivity contribution >= 4 is 28.9 Å². The largest absolute Gasteiger partial charge is 0.375 e. The van der Waals surface area contributed by atoms with Crippen LogP contribution in [0.25, 0.3) is 4.85 Å². The second kappa shape index (κ2) is 5.43. The lowest BCUT2D eigenvalue weighted by atomic mass is 9.94. The molecular formula is C19H16N4O2. The molecule has 124 valence electrons. The number of nitrogens with zero attached hydrogens (tertiary/aromatic N) is 3. The van der Waals surface area contributed by atoms with Crippen molar-refractivity contribution in [2.75, 3.05) is 23.0 Å². The van der Waals surface area contributed by atoms with Crippen LogP contribution >= 0.6 is 0 Å².